The van der Waals surface area contributed by atoms with Crippen molar-refractivity contribution in [2.75, 3.05) is 65.7 Å². The van der Waals surface area contributed by atoms with Crippen LogP contribution in [0.4, 0.5) is 0 Å². The standard InChI is InChI=1S/C16H34N4O2.HI/c1-4-17-16(19-7-11-22-14-15(2)3)18-6-5-8-20-9-12-21-13-10-20;/h15H,4-14H2,1-3H3,(H2,17,18,19);1H. The molecule has 138 valence electrons. The third-order valence-corrected chi connectivity index (χ3v) is 3.34. The van der Waals surface area contributed by atoms with E-state index in [0.29, 0.717) is 5.92 Å². The molecule has 1 saturated heterocycles. The van der Waals surface area contributed by atoms with Crippen molar-refractivity contribution in [1.29, 1.82) is 0 Å². The maximum absolute atomic E-state index is 5.56. The second kappa shape index (κ2) is 15.4. The van der Waals surface area contributed by atoms with Gasteiger partial charge in [0.05, 0.1) is 19.8 Å². The smallest absolute Gasteiger partial charge is 0.191 e. The Bertz CT molecular complexity index is 298. The number of halogens is 1. The van der Waals surface area contributed by atoms with Crippen molar-refractivity contribution in [3.05, 3.63) is 0 Å². The molecule has 1 fully saturated rings. The maximum Gasteiger partial charge on any atom is 0.191 e. The van der Waals surface area contributed by atoms with Crippen molar-refractivity contribution in [1.82, 2.24) is 15.5 Å². The number of morpholine rings is 1. The normalized spacial score (nSPS) is 16.3. The fourth-order valence-corrected chi connectivity index (χ4v) is 2.21. The molecule has 1 aliphatic heterocycles. The Morgan fingerprint density at radius 2 is 2.00 bits per heavy atom. The van der Waals surface area contributed by atoms with Gasteiger partial charge in [-0.05, 0) is 19.3 Å². The summed E-state index contributed by atoms with van der Waals surface area (Å²) in [7, 11) is 0. The van der Waals surface area contributed by atoms with Crippen molar-refractivity contribution >= 4 is 29.9 Å². The zero-order chi connectivity index (χ0) is 16.0. The van der Waals surface area contributed by atoms with Gasteiger partial charge >= 0.3 is 0 Å². The molecule has 0 aromatic rings. The Labute approximate surface area is 158 Å². The van der Waals surface area contributed by atoms with Crippen LogP contribution in [0.25, 0.3) is 0 Å². The zero-order valence-electron chi connectivity index (χ0n) is 15.0. The van der Waals surface area contributed by atoms with Crippen LogP contribution >= 0.6 is 24.0 Å². The topological polar surface area (TPSA) is 58.1 Å². The number of ether oxygens (including phenoxy) is 2. The lowest BCUT2D eigenvalue weighted by Gasteiger charge is -2.26. The van der Waals surface area contributed by atoms with E-state index >= 15 is 0 Å². The molecule has 0 spiro atoms. The number of rotatable bonds is 10. The summed E-state index contributed by atoms with van der Waals surface area (Å²) in [4.78, 5) is 7.06. The molecule has 0 atom stereocenters. The zero-order valence-corrected chi connectivity index (χ0v) is 17.3. The van der Waals surface area contributed by atoms with Gasteiger partial charge in [-0.2, -0.15) is 0 Å². The minimum absolute atomic E-state index is 0. The molecule has 2 N–H and O–H groups in total. The van der Waals surface area contributed by atoms with Crippen LogP contribution in [0.15, 0.2) is 4.99 Å². The predicted octanol–water partition coefficient (Wildman–Crippen LogP) is 1.55. The monoisotopic (exact) mass is 442 g/mol. The molecule has 0 saturated carbocycles. The molecule has 1 heterocycles. The van der Waals surface area contributed by atoms with Gasteiger partial charge in [-0.1, -0.05) is 13.8 Å². The lowest BCUT2D eigenvalue weighted by atomic mass is 10.2. The van der Waals surface area contributed by atoms with Gasteiger partial charge < -0.3 is 20.1 Å². The molecule has 7 heteroatoms. The number of nitrogens with zero attached hydrogens (tertiary/aromatic N) is 2. The molecule has 0 unspecified atom stereocenters. The molecule has 23 heavy (non-hydrogen) atoms. The molecular formula is C16H35IN4O2. The van der Waals surface area contributed by atoms with E-state index in [2.05, 4.69) is 41.3 Å². The van der Waals surface area contributed by atoms with Crippen molar-refractivity contribution in [3.8, 4) is 0 Å². The van der Waals surface area contributed by atoms with E-state index in [0.717, 1.165) is 78.1 Å². The van der Waals surface area contributed by atoms with Crippen LogP contribution in [0.3, 0.4) is 0 Å². The minimum Gasteiger partial charge on any atom is -0.379 e. The summed E-state index contributed by atoms with van der Waals surface area (Å²) in [5.74, 6) is 1.47. The Kier molecular flexibility index (Phi) is 15.3. The maximum atomic E-state index is 5.56. The van der Waals surface area contributed by atoms with Crippen molar-refractivity contribution in [3.63, 3.8) is 0 Å². The van der Waals surface area contributed by atoms with E-state index in [1.54, 1.807) is 0 Å². The van der Waals surface area contributed by atoms with Crippen molar-refractivity contribution in [2.24, 2.45) is 10.9 Å². The first-order valence-electron chi connectivity index (χ1n) is 8.62. The number of hydrogen-bond acceptors (Lipinski definition) is 4. The quantitative estimate of drug-likeness (QED) is 0.233. The lowest BCUT2D eigenvalue weighted by molar-refractivity contribution is 0.0377. The summed E-state index contributed by atoms with van der Waals surface area (Å²) in [5.41, 5.74) is 0. The molecule has 0 bridgehead atoms. The average molecular weight is 442 g/mol. The molecule has 6 nitrogen and oxygen atoms in total. The summed E-state index contributed by atoms with van der Waals surface area (Å²) in [6.07, 6.45) is 1.08. The van der Waals surface area contributed by atoms with Crippen LogP contribution in [0, 0.1) is 5.92 Å². The first kappa shape index (κ1) is 22.9. The predicted molar refractivity (Wildman–Crippen MR) is 107 cm³/mol. The molecule has 0 aliphatic carbocycles. The highest BCUT2D eigenvalue weighted by Gasteiger charge is 2.08. The number of nitrogens with one attached hydrogen (secondary N) is 2. The van der Waals surface area contributed by atoms with Crippen LogP contribution in [0.1, 0.15) is 27.2 Å². The van der Waals surface area contributed by atoms with Crippen LogP contribution in [-0.2, 0) is 9.47 Å². The summed E-state index contributed by atoms with van der Waals surface area (Å²) >= 11 is 0. The van der Waals surface area contributed by atoms with Crippen LogP contribution in [-0.4, -0.2) is 76.6 Å². The Morgan fingerprint density at radius 1 is 1.26 bits per heavy atom. The number of hydrogen-bond donors (Lipinski definition) is 2. The Morgan fingerprint density at radius 3 is 2.65 bits per heavy atom. The molecule has 0 aromatic heterocycles. The summed E-state index contributed by atoms with van der Waals surface area (Å²) < 4.78 is 10.9. The third kappa shape index (κ3) is 12.9. The van der Waals surface area contributed by atoms with Gasteiger partial charge in [-0.3, -0.25) is 9.89 Å². The highest BCUT2D eigenvalue weighted by molar-refractivity contribution is 14.0. The molecule has 1 aliphatic rings. The van der Waals surface area contributed by atoms with Gasteiger partial charge in [0.2, 0.25) is 0 Å². The SMILES string of the molecule is CCNC(=NCCCN1CCOCC1)NCCOCC(C)C.I. The number of aliphatic imine (C=N–C) groups is 1. The first-order chi connectivity index (χ1) is 10.7. The highest BCUT2D eigenvalue weighted by Crippen LogP contribution is 1.98. The summed E-state index contributed by atoms with van der Waals surface area (Å²) in [5, 5.41) is 6.58. The molecular weight excluding hydrogens is 407 g/mol. The molecule has 0 amide bonds. The van der Waals surface area contributed by atoms with Crippen molar-refractivity contribution < 1.29 is 9.47 Å². The van der Waals surface area contributed by atoms with Crippen molar-refractivity contribution in [2.45, 2.75) is 27.2 Å². The first-order valence-corrected chi connectivity index (χ1v) is 8.62. The summed E-state index contributed by atoms with van der Waals surface area (Å²) in [6, 6.07) is 0. The number of guanidine groups is 1. The van der Waals surface area contributed by atoms with E-state index in [9.17, 15) is 0 Å². The lowest BCUT2D eigenvalue weighted by Crippen LogP contribution is -2.39. The van der Waals surface area contributed by atoms with Gasteiger partial charge in [0, 0.05) is 45.9 Å². The molecule has 0 radical (unpaired) electrons. The average Bonchev–Trinajstić information content (AvgIpc) is 2.51. The van der Waals surface area contributed by atoms with E-state index in [1.165, 1.54) is 0 Å². The van der Waals surface area contributed by atoms with Crippen LogP contribution in [0.5, 0.6) is 0 Å². The second-order valence-corrected chi connectivity index (χ2v) is 5.96. The van der Waals surface area contributed by atoms with Gasteiger partial charge in [-0.15, -0.1) is 24.0 Å². The molecule has 0 aromatic carbocycles. The van der Waals surface area contributed by atoms with Crippen LogP contribution in [0.2, 0.25) is 0 Å². The third-order valence-electron chi connectivity index (χ3n) is 3.34. The Balaban J connectivity index is 0.00000484. The van der Waals surface area contributed by atoms with E-state index < -0.39 is 0 Å². The Hall–Kier alpha value is -0.120. The van der Waals surface area contributed by atoms with Gasteiger partial charge in [0.25, 0.3) is 0 Å². The van der Waals surface area contributed by atoms with Gasteiger partial charge in [0.1, 0.15) is 0 Å². The second-order valence-electron chi connectivity index (χ2n) is 5.96. The van der Waals surface area contributed by atoms with Crippen LogP contribution < -0.4 is 10.6 Å². The largest absolute Gasteiger partial charge is 0.379 e. The van der Waals surface area contributed by atoms with E-state index in [4.69, 9.17) is 9.47 Å². The summed E-state index contributed by atoms with van der Waals surface area (Å²) in [6.45, 7) is 15.4. The van der Waals surface area contributed by atoms with E-state index in [1.807, 2.05) is 0 Å². The fourth-order valence-electron chi connectivity index (χ4n) is 2.21. The van der Waals surface area contributed by atoms with Gasteiger partial charge in [-0.25, -0.2) is 0 Å². The minimum atomic E-state index is 0. The highest BCUT2D eigenvalue weighted by atomic mass is 127. The van der Waals surface area contributed by atoms with E-state index in [-0.39, 0.29) is 24.0 Å². The fraction of sp³-hybridized carbons (Fsp3) is 0.938. The molecule has 1 rings (SSSR count). The van der Waals surface area contributed by atoms with Gasteiger partial charge in [0.15, 0.2) is 5.96 Å².